The van der Waals surface area contributed by atoms with Gasteiger partial charge < -0.3 is 14.8 Å². The summed E-state index contributed by atoms with van der Waals surface area (Å²) in [5.74, 6) is -0.168. The second-order valence-corrected chi connectivity index (χ2v) is 5.58. The van der Waals surface area contributed by atoms with E-state index in [-0.39, 0.29) is 17.1 Å². The van der Waals surface area contributed by atoms with Gasteiger partial charge in [0, 0.05) is 17.8 Å². The van der Waals surface area contributed by atoms with E-state index in [9.17, 15) is 13.6 Å². The van der Waals surface area contributed by atoms with Crippen molar-refractivity contribution in [3.8, 4) is 11.5 Å². The molecule has 0 atom stereocenters. The van der Waals surface area contributed by atoms with Crippen molar-refractivity contribution < 1.29 is 23.0 Å². The summed E-state index contributed by atoms with van der Waals surface area (Å²) in [5.41, 5.74) is 1.31. The third kappa shape index (κ3) is 4.81. The normalized spacial score (nSPS) is 10.7. The number of alkyl halides is 2. The van der Waals surface area contributed by atoms with Crippen LogP contribution in [0.2, 0.25) is 0 Å². The predicted molar refractivity (Wildman–Crippen MR) is 95.4 cm³/mol. The smallest absolute Gasteiger partial charge is 0.387 e. The maximum absolute atomic E-state index is 12.4. The Hall–Kier alpha value is -3.42. The summed E-state index contributed by atoms with van der Waals surface area (Å²) in [6, 6.07) is 15.4. The number of halogens is 2. The van der Waals surface area contributed by atoms with Crippen molar-refractivity contribution in [2.45, 2.75) is 13.2 Å². The number of aromatic nitrogens is 2. The van der Waals surface area contributed by atoms with Gasteiger partial charge in [0.05, 0.1) is 13.7 Å². The van der Waals surface area contributed by atoms with E-state index in [1.54, 1.807) is 16.9 Å². The SMILES string of the molecule is COc1cc(C(=O)Nc2ccn(Cc3ccccc3)n2)ccc1OC(F)F. The van der Waals surface area contributed by atoms with E-state index >= 15 is 0 Å². The molecule has 0 bridgehead atoms. The second-order valence-electron chi connectivity index (χ2n) is 5.58. The van der Waals surface area contributed by atoms with E-state index in [0.29, 0.717) is 12.4 Å². The van der Waals surface area contributed by atoms with Gasteiger partial charge in [0.2, 0.25) is 0 Å². The number of nitrogens with one attached hydrogen (secondary N) is 1. The van der Waals surface area contributed by atoms with E-state index in [1.807, 2.05) is 30.3 Å². The average molecular weight is 373 g/mol. The van der Waals surface area contributed by atoms with E-state index in [4.69, 9.17) is 4.74 Å². The van der Waals surface area contributed by atoms with Crippen molar-refractivity contribution in [3.05, 3.63) is 71.9 Å². The summed E-state index contributed by atoms with van der Waals surface area (Å²) in [6.45, 7) is -2.41. The number of hydrogen-bond acceptors (Lipinski definition) is 4. The van der Waals surface area contributed by atoms with E-state index in [0.717, 1.165) is 5.56 Å². The highest BCUT2D eigenvalue weighted by atomic mass is 19.3. The molecule has 6 nitrogen and oxygen atoms in total. The van der Waals surface area contributed by atoms with Crippen molar-refractivity contribution in [2.75, 3.05) is 12.4 Å². The van der Waals surface area contributed by atoms with Gasteiger partial charge in [0.25, 0.3) is 5.91 Å². The van der Waals surface area contributed by atoms with Crippen LogP contribution in [0, 0.1) is 0 Å². The number of carbonyl (C=O) groups excluding carboxylic acids is 1. The van der Waals surface area contributed by atoms with Crippen molar-refractivity contribution in [1.82, 2.24) is 9.78 Å². The predicted octanol–water partition coefficient (Wildman–Crippen LogP) is 3.79. The second kappa shape index (κ2) is 8.31. The van der Waals surface area contributed by atoms with Crippen molar-refractivity contribution in [3.63, 3.8) is 0 Å². The lowest BCUT2D eigenvalue weighted by Gasteiger charge is -2.11. The van der Waals surface area contributed by atoms with Crippen LogP contribution in [0.15, 0.2) is 60.8 Å². The molecule has 0 fully saturated rings. The van der Waals surface area contributed by atoms with Crippen LogP contribution in [0.5, 0.6) is 11.5 Å². The number of ether oxygens (including phenoxy) is 2. The highest BCUT2D eigenvalue weighted by Crippen LogP contribution is 2.29. The monoisotopic (exact) mass is 373 g/mol. The molecule has 3 rings (SSSR count). The average Bonchev–Trinajstić information content (AvgIpc) is 3.09. The number of carbonyl (C=O) groups is 1. The quantitative estimate of drug-likeness (QED) is 0.684. The van der Waals surface area contributed by atoms with Gasteiger partial charge in [-0.15, -0.1) is 0 Å². The molecule has 0 aliphatic rings. The standard InChI is InChI=1S/C19H17F2N3O3/c1-26-16-11-14(7-8-15(16)27-19(20)21)18(25)22-17-9-10-24(23-17)12-13-5-3-2-4-6-13/h2-11,19H,12H2,1H3,(H,22,23,25). The molecule has 0 aliphatic carbocycles. The summed E-state index contributed by atoms with van der Waals surface area (Å²) >= 11 is 0. The molecule has 1 amide bonds. The Labute approximate surface area is 154 Å². The Morgan fingerprint density at radius 3 is 2.63 bits per heavy atom. The third-order valence-electron chi connectivity index (χ3n) is 3.71. The van der Waals surface area contributed by atoms with Gasteiger partial charge in [-0.05, 0) is 23.8 Å². The molecule has 0 spiro atoms. The number of rotatable bonds is 7. The molecule has 1 heterocycles. The molecule has 27 heavy (non-hydrogen) atoms. The molecule has 0 unspecified atom stereocenters. The molecule has 0 saturated carbocycles. The first-order valence-electron chi connectivity index (χ1n) is 8.07. The summed E-state index contributed by atoms with van der Waals surface area (Å²) in [5, 5.41) is 6.96. The van der Waals surface area contributed by atoms with Crippen LogP contribution < -0.4 is 14.8 Å². The Bertz CT molecular complexity index is 914. The van der Waals surface area contributed by atoms with Crippen molar-refractivity contribution >= 4 is 11.7 Å². The Kier molecular flexibility index (Phi) is 5.65. The number of anilines is 1. The van der Waals surface area contributed by atoms with Gasteiger partial charge in [0.1, 0.15) is 0 Å². The zero-order valence-corrected chi connectivity index (χ0v) is 14.4. The van der Waals surface area contributed by atoms with Crippen LogP contribution in [0.25, 0.3) is 0 Å². The summed E-state index contributed by atoms with van der Waals surface area (Å²) in [7, 11) is 1.31. The first kappa shape index (κ1) is 18.4. The maximum Gasteiger partial charge on any atom is 0.387 e. The summed E-state index contributed by atoms with van der Waals surface area (Å²) in [6.07, 6.45) is 1.75. The third-order valence-corrected chi connectivity index (χ3v) is 3.71. The number of nitrogens with zero attached hydrogens (tertiary/aromatic N) is 2. The van der Waals surface area contributed by atoms with Crippen molar-refractivity contribution in [1.29, 1.82) is 0 Å². The minimum Gasteiger partial charge on any atom is -0.493 e. The molecular weight excluding hydrogens is 356 g/mol. The van der Waals surface area contributed by atoms with Crippen LogP contribution in [-0.2, 0) is 6.54 Å². The lowest BCUT2D eigenvalue weighted by Crippen LogP contribution is -2.13. The Balaban J connectivity index is 1.68. The lowest BCUT2D eigenvalue weighted by atomic mass is 10.2. The van der Waals surface area contributed by atoms with Crippen LogP contribution >= 0.6 is 0 Å². The molecule has 1 N–H and O–H groups in total. The Morgan fingerprint density at radius 1 is 1.15 bits per heavy atom. The fourth-order valence-electron chi connectivity index (χ4n) is 2.48. The number of benzene rings is 2. The lowest BCUT2D eigenvalue weighted by molar-refractivity contribution is -0.0512. The van der Waals surface area contributed by atoms with Gasteiger partial charge in [0.15, 0.2) is 17.3 Å². The number of hydrogen-bond donors (Lipinski definition) is 1. The number of methoxy groups -OCH3 is 1. The molecule has 2 aromatic carbocycles. The van der Waals surface area contributed by atoms with Gasteiger partial charge >= 0.3 is 6.61 Å². The minimum atomic E-state index is -2.98. The van der Waals surface area contributed by atoms with Crippen LogP contribution in [0.1, 0.15) is 15.9 Å². The van der Waals surface area contributed by atoms with E-state index < -0.39 is 12.5 Å². The molecule has 140 valence electrons. The summed E-state index contributed by atoms with van der Waals surface area (Å²) in [4.78, 5) is 12.4. The fourth-order valence-corrected chi connectivity index (χ4v) is 2.48. The first-order valence-corrected chi connectivity index (χ1v) is 8.07. The minimum absolute atomic E-state index is 0.0394. The highest BCUT2D eigenvalue weighted by molar-refractivity contribution is 6.04. The molecular formula is C19H17F2N3O3. The highest BCUT2D eigenvalue weighted by Gasteiger charge is 2.15. The molecule has 0 radical (unpaired) electrons. The van der Waals surface area contributed by atoms with Gasteiger partial charge in [-0.1, -0.05) is 30.3 Å². The molecule has 8 heteroatoms. The van der Waals surface area contributed by atoms with E-state index in [2.05, 4.69) is 15.2 Å². The zero-order valence-electron chi connectivity index (χ0n) is 14.4. The van der Waals surface area contributed by atoms with Gasteiger partial charge in [-0.3, -0.25) is 9.48 Å². The zero-order chi connectivity index (χ0) is 19.2. The van der Waals surface area contributed by atoms with Crippen LogP contribution in [0.4, 0.5) is 14.6 Å². The summed E-state index contributed by atoms with van der Waals surface area (Å²) < 4.78 is 35.8. The maximum atomic E-state index is 12.4. The van der Waals surface area contributed by atoms with Gasteiger partial charge in [-0.2, -0.15) is 13.9 Å². The first-order chi connectivity index (χ1) is 13.0. The molecule has 0 saturated heterocycles. The Morgan fingerprint density at radius 2 is 1.93 bits per heavy atom. The topological polar surface area (TPSA) is 65.4 Å². The van der Waals surface area contributed by atoms with Crippen LogP contribution in [0.3, 0.4) is 0 Å². The largest absolute Gasteiger partial charge is 0.493 e. The van der Waals surface area contributed by atoms with E-state index in [1.165, 1.54) is 25.3 Å². The molecule has 3 aromatic rings. The molecule has 0 aliphatic heterocycles. The van der Waals surface area contributed by atoms with Gasteiger partial charge in [-0.25, -0.2) is 0 Å². The number of amides is 1. The van der Waals surface area contributed by atoms with Crippen LogP contribution in [-0.4, -0.2) is 29.4 Å². The molecule has 1 aromatic heterocycles. The van der Waals surface area contributed by atoms with Crippen molar-refractivity contribution in [2.24, 2.45) is 0 Å². The fraction of sp³-hybridized carbons (Fsp3) is 0.158.